The molecule has 0 aromatic rings. The highest BCUT2D eigenvalue weighted by atomic mass is 19.4. The second kappa shape index (κ2) is 5.35. The van der Waals surface area contributed by atoms with E-state index in [4.69, 9.17) is 5.84 Å². The Morgan fingerprint density at radius 1 is 1.38 bits per heavy atom. The minimum absolute atomic E-state index is 0.128. The standard InChI is InChI=1S/C8H14F3N3O2/c9-8(10,11)6-16-5-4-13-2-1-3-14(12)7(13)15/h1-6,12H2. The molecule has 1 aliphatic rings. The predicted octanol–water partition coefficient (Wildman–Crippen LogP) is 0.567. The van der Waals surface area contributed by atoms with Crippen LogP contribution in [-0.2, 0) is 4.74 Å². The maximum absolute atomic E-state index is 11.7. The summed E-state index contributed by atoms with van der Waals surface area (Å²) in [4.78, 5) is 12.7. The molecule has 2 N–H and O–H groups in total. The van der Waals surface area contributed by atoms with Gasteiger partial charge in [-0.3, -0.25) is 5.01 Å². The molecule has 5 nitrogen and oxygen atoms in total. The number of alkyl halides is 3. The summed E-state index contributed by atoms with van der Waals surface area (Å²) < 4.78 is 39.6. The summed E-state index contributed by atoms with van der Waals surface area (Å²) in [6, 6.07) is -0.373. The van der Waals surface area contributed by atoms with Gasteiger partial charge in [0.2, 0.25) is 0 Å². The van der Waals surface area contributed by atoms with Crippen LogP contribution in [0.4, 0.5) is 18.0 Å². The van der Waals surface area contributed by atoms with Gasteiger partial charge in [0.25, 0.3) is 0 Å². The highest BCUT2D eigenvalue weighted by molar-refractivity contribution is 5.74. The Labute approximate surface area is 90.9 Å². The Morgan fingerprint density at radius 3 is 2.69 bits per heavy atom. The fourth-order valence-electron chi connectivity index (χ4n) is 1.37. The number of halogens is 3. The van der Waals surface area contributed by atoms with Crippen LogP contribution in [0.2, 0.25) is 0 Å². The number of ether oxygens (including phenoxy) is 1. The second-order valence-electron chi connectivity index (χ2n) is 3.48. The van der Waals surface area contributed by atoms with Gasteiger partial charge in [0.1, 0.15) is 6.61 Å². The smallest absolute Gasteiger partial charge is 0.370 e. The molecule has 2 amide bonds. The number of hydrazine groups is 1. The van der Waals surface area contributed by atoms with Crippen LogP contribution in [0.15, 0.2) is 0 Å². The fourth-order valence-corrected chi connectivity index (χ4v) is 1.37. The molecule has 1 aliphatic heterocycles. The molecule has 8 heteroatoms. The van der Waals surface area contributed by atoms with Crippen molar-refractivity contribution in [3.05, 3.63) is 0 Å². The average Bonchev–Trinajstić information content (AvgIpc) is 2.17. The first-order valence-electron chi connectivity index (χ1n) is 4.86. The zero-order valence-corrected chi connectivity index (χ0v) is 8.66. The molecule has 0 aliphatic carbocycles. The van der Waals surface area contributed by atoms with E-state index in [0.717, 1.165) is 5.01 Å². The number of nitrogens with zero attached hydrogens (tertiary/aromatic N) is 2. The number of carbonyl (C=O) groups is 1. The van der Waals surface area contributed by atoms with Crippen molar-refractivity contribution in [2.24, 2.45) is 5.84 Å². The lowest BCUT2D eigenvalue weighted by Gasteiger charge is -2.32. The normalized spacial score (nSPS) is 18.1. The van der Waals surface area contributed by atoms with Crippen molar-refractivity contribution in [3.63, 3.8) is 0 Å². The van der Waals surface area contributed by atoms with E-state index in [1.54, 1.807) is 0 Å². The topological polar surface area (TPSA) is 58.8 Å². The summed E-state index contributed by atoms with van der Waals surface area (Å²) in [6.07, 6.45) is -3.62. The maximum atomic E-state index is 11.7. The summed E-state index contributed by atoms with van der Waals surface area (Å²) in [7, 11) is 0. The van der Waals surface area contributed by atoms with Crippen molar-refractivity contribution in [2.45, 2.75) is 12.6 Å². The van der Waals surface area contributed by atoms with E-state index in [0.29, 0.717) is 19.5 Å². The number of rotatable bonds is 4. The lowest BCUT2D eigenvalue weighted by molar-refractivity contribution is -0.174. The molecule has 0 aromatic heterocycles. The number of hydrogen-bond acceptors (Lipinski definition) is 3. The second-order valence-corrected chi connectivity index (χ2v) is 3.48. The van der Waals surface area contributed by atoms with Gasteiger partial charge in [-0.05, 0) is 6.42 Å². The lowest BCUT2D eigenvalue weighted by atomic mass is 10.3. The van der Waals surface area contributed by atoms with Crippen LogP contribution < -0.4 is 5.84 Å². The molecule has 1 heterocycles. The third-order valence-electron chi connectivity index (χ3n) is 2.11. The van der Waals surface area contributed by atoms with Gasteiger partial charge in [-0.15, -0.1) is 0 Å². The summed E-state index contributed by atoms with van der Waals surface area (Å²) in [6.45, 7) is -0.330. The van der Waals surface area contributed by atoms with Crippen LogP contribution in [0, 0.1) is 0 Å². The summed E-state index contributed by atoms with van der Waals surface area (Å²) in [5, 5.41) is 1.05. The Balaban J connectivity index is 2.20. The predicted molar refractivity (Wildman–Crippen MR) is 49.4 cm³/mol. The molecule has 0 atom stereocenters. The van der Waals surface area contributed by atoms with Crippen molar-refractivity contribution in [2.75, 3.05) is 32.8 Å². The third-order valence-corrected chi connectivity index (χ3v) is 2.11. The van der Waals surface area contributed by atoms with Gasteiger partial charge in [-0.25, -0.2) is 10.6 Å². The van der Waals surface area contributed by atoms with Gasteiger partial charge < -0.3 is 9.64 Å². The Kier molecular flexibility index (Phi) is 4.36. The number of urea groups is 1. The Morgan fingerprint density at radius 2 is 2.06 bits per heavy atom. The molecule has 1 fully saturated rings. The molecule has 0 spiro atoms. The van der Waals surface area contributed by atoms with Crippen LogP contribution in [0.1, 0.15) is 6.42 Å². The SMILES string of the molecule is NN1CCCN(CCOCC(F)(F)F)C1=O. The molecular formula is C8H14F3N3O2. The van der Waals surface area contributed by atoms with E-state index in [1.165, 1.54) is 4.90 Å². The maximum Gasteiger partial charge on any atom is 0.411 e. The molecule has 1 saturated heterocycles. The average molecular weight is 241 g/mol. The highest BCUT2D eigenvalue weighted by Gasteiger charge is 2.28. The quantitative estimate of drug-likeness (QED) is 0.444. The van der Waals surface area contributed by atoms with E-state index in [-0.39, 0.29) is 19.2 Å². The van der Waals surface area contributed by atoms with Crippen molar-refractivity contribution in [3.8, 4) is 0 Å². The van der Waals surface area contributed by atoms with Gasteiger partial charge >= 0.3 is 12.2 Å². The lowest BCUT2D eigenvalue weighted by Crippen LogP contribution is -2.53. The van der Waals surface area contributed by atoms with Gasteiger partial charge in [0.15, 0.2) is 0 Å². The van der Waals surface area contributed by atoms with E-state index in [9.17, 15) is 18.0 Å². The van der Waals surface area contributed by atoms with Gasteiger partial charge in [0.05, 0.1) is 6.61 Å². The van der Waals surface area contributed by atoms with Gasteiger partial charge in [-0.2, -0.15) is 13.2 Å². The van der Waals surface area contributed by atoms with Gasteiger partial charge in [-0.1, -0.05) is 0 Å². The largest absolute Gasteiger partial charge is 0.411 e. The van der Waals surface area contributed by atoms with Crippen molar-refractivity contribution in [1.82, 2.24) is 9.91 Å². The zero-order chi connectivity index (χ0) is 12.2. The van der Waals surface area contributed by atoms with E-state index in [2.05, 4.69) is 4.74 Å². The number of hydrogen-bond donors (Lipinski definition) is 1. The van der Waals surface area contributed by atoms with E-state index >= 15 is 0 Å². The number of amides is 2. The summed E-state index contributed by atoms with van der Waals surface area (Å²) in [5.41, 5.74) is 0. The van der Waals surface area contributed by atoms with Crippen LogP contribution in [0.25, 0.3) is 0 Å². The van der Waals surface area contributed by atoms with Crippen LogP contribution in [0.5, 0.6) is 0 Å². The summed E-state index contributed by atoms with van der Waals surface area (Å²) >= 11 is 0. The first-order valence-corrected chi connectivity index (χ1v) is 4.86. The fraction of sp³-hybridized carbons (Fsp3) is 0.875. The first kappa shape index (κ1) is 13.0. The van der Waals surface area contributed by atoms with Crippen LogP contribution in [-0.4, -0.2) is 55.0 Å². The Hall–Kier alpha value is -1.02. The summed E-state index contributed by atoms with van der Waals surface area (Å²) in [5.74, 6) is 5.36. The first-order chi connectivity index (χ1) is 7.40. The zero-order valence-electron chi connectivity index (χ0n) is 8.66. The van der Waals surface area contributed by atoms with E-state index in [1.807, 2.05) is 0 Å². The van der Waals surface area contributed by atoms with Crippen molar-refractivity contribution < 1.29 is 22.7 Å². The monoisotopic (exact) mass is 241 g/mol. The minimum Gasteiger partial charge on any atom is -0.370 e. The van der Waals surface area contributed by atoms with Crippen molar-refractivity contribution >= 4 is 6.03 Å². The highest BCUT2D eigenvalue weighted by Crippen LogP contribution is 2.14. The molecule has 16 heavy (non-hydrogen) atoms. The third kappa shape index (κ3) is 4.23. The van der Waals surface area contributed by atoms with Crippen LogP contribution in [0.3, 0.4) is 0 Å². The van der Waals surface area contributed by atoms with Crippen LogP contribution >= 0.6 is 0 Å². The van der Waals surface area contributed by atoms with E-state index < -0.39 is 12.8 Å². The molecule has 0 aromatic carbocycles. The molecular weight excluding hydrogens is 227 g/mol. The number of carbonyl (C=O) groups excluding carboxylic acids is 1. The molecule has 0 bridgehead atoms. The van der Waals surface area contributed by atoms with Crippen molar-refractivity contribution in [1.29, 1.82) is 0 Å². The minimum atomic E-state index is -4.33. The number of nitrogens with two attached hydrogens (primary N) is 1. The molecule has 0 saturated carbocycles. The van der Waals surface area contributed by atoms with Gasteiger partial charge in [0, 0.05) is 19.6 Å². The molecule has 1 rings (SSSR count). The molecule has 0 radical (unpaired) electrons. The molecule has 0 unspecified atom stereocenters. The molecule has 94 valence electrons. The Bertz CT molecular complexity index is 247.